The molecule has 2 heterocycles. The quantitative estimate of drug-likeness (QED) is 0.667. The molecular formula is C8H12N4O2. The Morgan fingerprint density at radius 2 is 2.64 bits per heavy atom. The fraction of sp³-hybridized carbons (Fsp3) is 0.625. The molecule has 0 bridgehead atoms. The minimum absolute atomic E-state index is 0.0890. The van der Waals surface area contributed by atoms with Gasteiger partial charge in [-0.2, -0.15) is 15.4 Å². The summed E-state index contributed by atoms with van der Waals surface area (Å²) < 4.78 is 5.34. The van der Waals surface area contributed by atoms with Crippen molar-refractivity contribution in [3.05, 3.63) is 11.9 Å². The Morgan fingerprint density at radius 3 is 3.29 bits per heavy atom. The lowest BCUT2D eigenvalue weighted by Crippen LogP contribution is -2.44. The zero-order valence-electron chi connectivity index (χ0n) is 7.93. The molecule has 0 spiro atoms. The standard InChI is InChI=1S/C8H12N4O2/c1-6-5-12(2-3-14-6)8(13)7-4-9-11-10-7/h4,6H,2-3,5H2,1H3,(H,9,10,11). The van der Waals surface area contributed by atoms with Crippen molar-refractivity contribution in [2.24, 2.45) is 0 Å². The third kappa shape index (κ3) is 1.74. The molecule has 2 rings (SSSR count). The van der Waals surface area contributed by atoms with E-state index in [1.54, 1.807) is 4.90 Å². The lowest BCUT2D eigenvalue weighted by Gasteiger charge is -2.30. The molecule has 14 heavy (non-hydrogen) atoms. The maximum Gasteiger partial charge on any atom is 0.276 e. The topological polar surface area (TPSA) is 71.1 Å². The highest BCUT2D eigenvalue weighted by Gasteiger charge is 2.23. The summed E-state index contributed by atoms with van der Waals surface area (Å²) in [6.07, 6.45) is 1.53. The van der Waals surface area contributed by atoms with Gasteiger partial charge in [0.25, 0.3) is 5.91 Å². The highest BCUT2D eigenvalue weighted by Crippen LogP contribution is 2.07. The van der Waals surface area contributed by atoms with Crippen LogP contribution in [-0.2, 0) is 4.74 Å². The van der Waals surface area contributed by atoms with E-state index in [1.807, 2.05) is 6.92 Å². The van der Waals surface area contributed by atoms with Crippen molar-refractivity contribution in [3.8, 4) is 0 Å². The van der Waals surface area contributed by atoms with Gasteiger partial charge in [0.15, 0.2) is 5.69 Å². The summed E-state index contributed by atoms with van der Waals surface area (Å²) in [5.74, 6) is -0.0890. The van der Waals surface area contributed by atoms with Crippen molar-refractivity contribution in [1.82, 2.24) is 20.3 Å². The molecule has 76 valence electrons. The summed E-state index contributed by atoms with van der Waals surface area (Å²) in [6.45, 7) is 3.77. The third-order valence-electron chi connectivity index (χ3n) is 2.16. The van der Waals surface area contributed by atoms with Crippen LogP contribution in [0.2, 0.25) is 0 Å². The molecule has 6 nitrogen and oxygen atoms in total. The lowest BCUT2D eigenvalue weighted by molar-refractivity contribution is -0.0126. The average molecular weight is 196 g/mol. The van der Waals surface area contributed by atoms with E-state index < -0.39 is 0 Å². The molecule has 1 atom stereocenters. The van der Waals surface area contributed by atoms with Crippen molar-refractivity contribution in [2.45, 2.75) is 13.0 Å². The smallest absolute Gasteiger partial charge is 0.276 e. The molecule has 1 saturated heterocycles. The number of amides is 1. The summed E-state index contributed by atoms with van der Waals surface area (Å²) in [7, 11) is 0. The van der Waals surface area contributed by atoms with Crippen molar-refractivity contribution in [3.63, 3.8) is 0 Å². The molecule has 0 saturated carbocycles. The van der Waals surface area contributed by atoms with Crippen LogP contribution in [-0.4, -0.2) is 52.0 Å². The summed E-state index contributed by atoms with van der Waals surface area (Å²) in [5, 5.41) is 9.77. The number of H-pyrrole nitrogens is 1. The molecule has 1 amide bonds. The largest absolute Gasteiger partial charge is 0.375 e. The number of nitrogens with one attached hydrogen (secondary N) is 1. The van der Waals surface area contributed by atoms with Gasteiger partial charge in [0.2, 0.25) is 0 Å². The van der Waals surface area contributed by atoms with Crippen LogP contribution >= 0.6 is 0 Å². The molecule has 0 aromatic carbocycles. The van der Waals surface area contributed by atoms with Crippen molar-refractivity contribution < 1.29 is 9.53 Å². The van der Waals surface area contributed by atoms with Gasteiger partial charge in [0, 0.05) is 13.1 Å². The first-order chi connectivity index (χ1) is 6.77. The van der Waals surface area contributed by atoms with Crippen LogP contribution in [0.3, 0.4) is 0 Å². The number of hydrogen-bond acceptors (Lipinski definition) is 4. The van der Waals surface area contributed by atoms with E-state index in [4.69, 9.17) is 4.74 Å². The van der Waals surface area contributed by atoms with Crippen molar-refractivity contribution >= 4 is 5.91 Å². The van der Waals surface area contributed by atoms with Gasteiger partial charge in [0.1, 0.15) is 0 Å². The number of morpholine rings is 1. The second kappa shape index (κ2) is 3.75. The molecule has 1 unspecified atom stereocenters. The Morgan fingerprint density at radius 1 is 1.79 bits per heavy atom. The Bertz CT molecular complexity index is 311. The van der Waals surface area contributed by atoms with Gasteiger partial charge in [-0.25, -0.2) is 0 Å². The minimum atomic E-state index is -0.0890. The van der Waals surface area contributed by atoms with Crippen LogP contribution in [0.5, 0.6) is 0 Å². The molecule has 0 aliphatic carbocycles. The first-order valence-electron chi connectivity index (χ1n) is 4.54. The molecular weight excluding hydrogens is 184 g/mol. The average Bonchev–Trinajstić information content (AvgIpc) is 2.69. The van der Waals surface area contributed by atoms with E-state index in [-0.39, 0.29) is 12.0 Å². The van der Waals surface area contributed by atoms with E-state index in [0.29, 0.717) is 25.4 Å². The molecule has 1 N–H and O–H groups in total. The van der Waals surface area contributed by atoms with Crippen LogP contribution in [0.15, 0.2) is 6.20 Å². The first-order valence-corrected chi connectivity index (χ1v) is 4.54. The summed E-state index contributed by atoms with van der Waals surface area (Å²) in [5.41, 5.74) is 0.360. The van der Waals surface area contributed by atoms with Gasteiger partial charge in [-0.15, -0.1) is 0 Å². The van der Waals surface area contributed by atoms with Gasteiger partial charge in [-0.3, -0.25) is 4.79 Å². The normalized spacial score (nSPS) is 22.4. The molecule has 1 aromatic heterocycles. The third-order valence-corrected chi connectivity index (χ3v) is 2.16. The Balaban J connectivity index is 2.04. The number of rotatable bonds is 1. The predicted octanol–water partition coefficient (Wildman–Crippen LogP) is -0.334. The second-order valence-corrected chi connectivity index (χ2v) is 3.29. The molecule has 6 heteroatoms. The Kier molecular flexibility index (Phi) is 2.45. The number of hydrogen-bond donors (Lipinski definition) is 1. The SMILES string of the molecule is CC1CN(C(=O)c2cn[nH]n2)CCO1. The number of aromatic amines is 1. The van der Waals surface area contributed by atoms with Gasteiger partial charge in [-0.05, 0) is 6.92 Å². The molecule has 0 radical (unpaired) electrons. The second-order valence-electron chi connectivity index (χ2n) is 3.29. The maximum absolute atomic E-state index is 11.8. The van der Waals surface area contributed by atoms with Crippen LogP contribution in [0.4, 0.5) is 0 Å². The summed E-state index contributed by atoms with van der Waals surface area (Å²) >= 11 is 0. The van der Waals surface area contributed by atoms with Gasteiger partial charge < -0.3 is 9.64 Å². The zero-order chi connectivity index (χ0) is 9.97. The number of carbonyl (C=O) groups excluding carboxylic acids is 1. The van der Waals surface area contributed by atoms with Crippen LogP contribution in [0, 0.1) is 0 Å². The van der Waals surface area contributed by atoms with E-state index in [2.05, 4.69) is 15.4 Å². The summed E-state index contributed by atoms with van der Waals surface area (Å²) in [6, 6.07) is 0. The van der Waals surface area contributed by atoms with E-state index in [1.165, 1.54) is 6.20 Å². The molecule has 1 aliphatic rings. The maximum atomic E-state index is 11.8. The first kappa shape index (κ1) is 9.14. The number of ether oxygens (including phenoxy) is 1. The minimum Gasteiger partial charge on any atom is -0.375 e. The lowest BCUT2D eigenvalue weighted by atomic mass is 10.3. The van der Waals surface area contributed by atoms with Crippen LogP contribution in [0.1, 0.15) is 17.4 Å². The van der Waals surface area contributed by atoms with E-state index >= 15 is 0 Å². The number of carbonyl (C=O) groups is 1. The summed E-state index contributed by atoms with van der Waals surface area (Å²) in [4.78, 5) is 13.5. The van der Waals surface area contributed by atoms with Crippen LogP contribution < -0.4 is 0 Å². The molecule has 1 aliphatic heterocycles. The zero-order valence-corrected chi connectivity index (χ0v) is 7.93. The molecule has 1 fully saturated rings. The van der Waals surface area contributed by atoms with Crippen LogP contribution in [0.25, 0.3) is 0 Å². The van der Waals surface area contributed by atoms with Gasteiger partial charge >= 0.3 is 0 Å². The molecule has 1 aromatic rings. The highest BCUT2D eigenvalue weighted by molar-refractivity contribution is 5.91. The van der Waals surface area contributed by atoms with Gasteiger partial charge in [0.05, 0.1) is 18.9 Å². The van der Waals surface area contributed by atoms with E-state index in [9.17, 15) is 4.79 Å². The fourth-order valence-electron chi connectivity index (χ4n) is 1.47. The fourth-order valence-corrected chi connectivity index (χ4v) is 1.47. The van der Waals surface area contributed by atoms with Crippen molar-refractivity contribution in [1.29, 1.82) is 0 Å². The highest BCUT2D eigenvalue weighted by atomic mass is 16.5. The Hall–Kier alpha value is -1.43. The monoisotopic (exact) mass is 196 g/mol. The van der Waals surface area contributed by atoms with Gasteiger partial charge in [-0.1, -0.05) is 0 Å². The number of nitrogens with zero attached hydrogens (tertiary/aromatic N) is 3. The van der Waals surface area contributed by atoms with E-state index in [0.717, 1.165) is 0 Å². The van der Waals surface area contributed by atoms with Crippen molar-refractivity contribution in [2.75, 3.05) is 19.7 Å². The number of aromatic nitrogens is 3. The Labute approximate surface area is 81.2 Å². The predicted molar refractivity (Wildman–Crippen MR) is 47.7 cm³/mol.